The van der Waals surface area contributed by atoms with Gasteiger partial charge in [0.05, 0.1) is 6.10 Å². The number of alkyl halides is 3. The molecule has 176 valence electrons. The van der Waals surface area contributed by atoms with E-state index in [9.17, 15) is 26.7 Å². The lowest BCUT2D eigenvalue weighted by Crippen LogP contribution is -2.46. The second-order valence-electron chi connectivity index (χ2n) is 7.80. The highest BCUT2D eigenvalue weighted by molar-refractivity contribution is 7.87. The Kier molecular flexibility index (Phi) is 7.60. The van der Waals surface area contributed by atoms with Gasteiger partial charge in [-0.3, -0.25) is 0 Å². The summed E-state index contributed by atoms with van der Waals surface area (Å²) in [6.45, 7) is 0.526. The number of aromatic nitrogens is 2. The predicted octanol–water partition coefficient (Wildman–Crippen LogP) is 1.91. The van der Waals surface area contributed by atoms with Crippen LogP contribution in [0.3, 0.4) is 0 Å². The van der Waals surface area contributed by atoms with Crippen molar-refractivity contribution in [3.8, 4) is 5.88 Å². The lowest BCUT2D eigenvalue weighted by Gasteiger charge is -2.31. The van der Waals surface area contributed by atoms with Crippen LogP contribution in [-0.4, -0.2) is 66.2 Å². The van der Waals surface area contributed by atoms with E-state index in [4.69, 9.17) is 4.74 Å². The second-order valence-corrected chi connectivity index (χ2v) is 9.67. The van der Waals surface area contributed by atoms with Crippen LogP contribution in [0.2, 0.25) is 0 Å². The van der Waals surface area contributed by atoms with Crippen LogP contribution in [0.4, 0.5) is 19.1 Å². The molecule has 1 aliphatic carbocycles. The molecular weight excluding hydrogens is 439 g/mol. The molecule has 0 amide bonds. The van der Waals surface area contributed by atoms with Crippen LogP contribution in [0.15, 0.2) is 6.20 Å². The molecule has 0 bridgehead atoms. The average molecular weight is 468 g/mol. The minimum atomic E-state index is -4.70. The van der Waals surface area contributed by atoms with E-state index >= 15 is 0 Å². The van der Waals surface area contributed by atoms with Gasteiger partial charge in [0.25, 0.3) is 10.2 Å². The van der Waals surface area contributed by atoms with Crippen LogP contribution in [-0.2, 0) is 16.4 Å². The van der Waals surface area contributed by atoms with Crippen LogP contribution in [0, 0.1) is 0 Å². The van der Waals surface area contributed by atoms with Crippen LogP contribution >= 0.6 is 0 Å². The molecular formula is C18H28F3N5O4S. The van der Waals surface area contributed by atoms with Gasteiger partial charge in [0.1, 0.15) is 11.7 Å². The molecule has 0 spiro atoms. The van der Waals surface area contributed by atoms with E-state index in [0.717, 1.165) is 19.3 Å². The van der Waals surface area contributed by atoms with Gasteiger partial charge in [0.15, 0.2) is 0 Å². The summed E-state index contributed by atoms with van der Waals surface area (Å²) in [5, 5.41) is 13.2. The first-order valence-electron chi connectivity index (χ1n) is 10.3. The third-order valence-electron chi connectivity index (χ3n) is 5.62. The Bertz CT molecular complexity index is 847. The van der Waals surface area contributed by atoms with Crippen LogP contribution < -0.4 is 14.8 Å². The number of aliphatic hydroxyl groups is 1. The second kappa shape index (κ2) is 9.84. The molecule has 2 fully saturated rings. The molecule has 2 heterocycles. The first kappa shape index (κ1) is 24.0. The van der Waals surface area contributed by atoms with Gasteiger partial charge in [0, 0.05) is 32.4 Å². The molecule has 2 atom stereocenters. The first-order valence-corrected chi connectivity index (χ1v) is 11.8. The standard InChI is InChI=1S/C18H28F3N5O4S/c1-22-31(28,29)26-9-7-12(8-10-26)24-17-23-11-13(18(19,20)21)16(25-17)30-15-6-4-2-3-5-14(15)27/h11-12,14-15,22,27H,2-10H2,1H3,(H,23,24,25). The van der Waals surface area contributed by atoms with Gasteiger partial charge in [-0.1, -0.05) is 12.8 Å². The van der Waals surface area contributed by atoms with Gasteiger partial charge in [-0.2, -0.15) is 30.9 Å². The molecule has 31 heavy (non-hydrogen) atoms. The minimum absolute atomic E-state index is 0.0268. The zero-order valence-corrected chi connectivity index (χ0v) is 18.0. The van der Waals surface area contributed by atoms with Crippen molar-refractivity contribution in [3.63, 3.8) is 0 Å². The van der Waals surface area contributed by atoms with Crippen molar-refractivity contribution in [2.45, 2.75) is 69.4 Å². The van der Waals surface area contributed by atoms with Crippen LogP contribution in [0.1, 0.15) is 50.5 Å². The summed E-state index contributed by atoms with van der Waals surface area (Å²) in [5.74, 6) is -0.632. The fourth-order valence-electron chi connectivity index (χ4n) is 3.81. The molecule has 0 radical (unpaired) electrons. The summed E-state index contributed by atoms with van der Waals surface area (Å²) < 4.78 is 73.2. The fraction of sp³-hybridized carbons (Fsp3) is 0.778. The molecule has 2 aliphatic rings. The number of anilines is 1. The zero-order valence-electron chi connectivity index (χ0n) is 17.2. The van der Waals surface area contributed by atoms with E-state index in [2.05, 4.69) is 20.0 Å². The fourth-order valence-corrected chi connectivity index (χ4v) is 4.76. The maximum atomic E-state index is 13.4. The number of rotatable bonds is 6. The molecule has 3 N–H and O–H groups in total. The maximum Gasteiger partial charge on any atom is 0.423 e. The van der Waals surface area contributed by atoms with Gasteiger partial charge in [-0.05, 0) is 32.1 Å². The Labute approximate surface area is 179 Å². The molecule has 9 nitrogen and oxygen atoms in total. The Balaban J connectivity index is 1.73. The quantitative estimate of drug-likeness (QED) is 0.547. The highest BCUT2D eigenvalue weighted by atomic mass is 32.2. The molecule has 1 aliphatic heterocycles. The monoisotopic (exact) mass is 467 g/mol. The first-order chi connectivity index (χ1) is 14.6. The van der Waals surface area contributed by atoms with Gasteiger partial charge >= 0.3 is 6.18 Å². The molecule has 1 saturated carbocycles. The Morgan fingerprint density at radius 3 is 2.48 bits per heavy atom. The smallest absolute Gasteiger partial charge is 0.423 e. The van der Waals surface area contributed by atoms with E-state index in [1.807, 2.05) is 0 Å². The third kappa shape index (κ3) is 6.18. The van der Waals surface area contributed by atoms with Crippen molar-refractivity contribution < 1.29 is 31.4 Å². The number of nitrogens with one attached hydrogen (secondary N) is 2. The number of piperidine rings is 1. The molecule has 1 aromatic rings. The van der Waals surface area contributed by atoms with Gasteiger partial charge < -0.3 is 15.2 Å². The van der Waals surface area contributed by atoms with E-state index in [1.54, 1.807) is 0 Å². The lowest BCUT2D eigenvalue weighted by molar-refractivity contribution is -0.140. The summed E-state index contributed by atoms with van der Waals surface area (Å²) in [6, 6.07) is -0.198. The van der Waals surface area contributed by atoms with Crippen molar-refractivity contribution in [1.82, 2.24) is 19.0 Å². The van der Waals surface area contributed by atoms with Crippen molar-refractivity contribution in [3.05, 3.63) is 11.8 Å². The highest BCUT2D eigenvalue weighted by Crippen LogP contribution is 2.36. The van der Waals surface area contributed by atoms with Crippen LogP contribution in [0.5, 0.6) is 5.88 Å². The Hall–Kier alpha value is -1.70. The van der Waals surface area contributed by atoms with E-state index in [1.165, 1.54) is 11.4 Å². The molecule has 0 aromatic carbocycles. The summed E-state index contributed by atoms with van der Waals surface area (Å²) in [4.78, 5) is 7.74. The molecule has 1 saturated heterocycles. The number of nitrogens with zero attached hydrogens (tertiary/aromatic N) is 3. The van der Waals surface area contributed by atoms with Crippen LogP contribution in [0.25, 0.3) is 0 Å². The van der Waals surface area contributed by atoms with E-state index in [0.29, 0.717) is 31.9 Å². The zero-order chi connectivity index (χ0) is 22.6. The predicted molar refractivity (Wildman–Crippen MR) is 107 cm³/mol. The van der Waals surface area contributed by atoms with E-state index in [-0.39, 0.29) is 25.1 Å². The van der Waals surface area contributed by atoms with Crippen molar-refractivity contribution in [2.24, 2.45) is 0 Å². The summed E-state index contributed by atoms with van der Waals surface area (Å²) in [7, 11) is -2.18. The van der Waals surface area contributed by atoms with Gasteiger partial charge in [0.2, 0.25) is 11.8 Å². The van der Waals surface area contributed by atoms with E-state index < -0.39 is 40.0 Å². The normalized spacial score (nSPS) is 24.5. The van der Waals surface area contributed by atoms with Crippen molar-refractivity contribution in [1.29, 1.82) is 0 Å². The topological polar surface area (TPSA) is 117 Å². The molecule has 13 heteroatoms. The number of ether oxygens (including phenoxy) is 1. The third-order valence-corrected chi connectivity index (χ3v) is 7.19. The lowest BCUT2D eigenvalue weighted by atomic mass is 10.1. The van der Waals surface area contributed by atoms with Gasteiger partial charge in [-0.15, -0.1) is 0 Å². The molecule has 2 unspecified atom stereocenters. The molecule has 1 aromatic heterocycles. The summed E-state index contributed by atoms with van der Waals surface area (Å²) in [6.07, 6.45) is -1.38. The van der Waals surface area contributed by atoms with Crippen molar-refractivity contribution >= 4 is 16.2 Å². The number of aliphatic hydroxyl groups excluding tert-OH is 1. The number of halogens is 3. The SMILES string of the molecule is CNS(=O)(=O)N1CCC(Nc2ncc(C(F)(F)F)c(OC3CCCCCC3O)n2)CC1. The summed E-state index contributed by atoms with van der Waals surface area (Å²) in [5.41, 5.74) is -1.09. The largest absolute Gasteiger partial charge is 0.471 e. The molecule has 3 rings (SSSR count). The maximum absolute atomic E-state index is 13.4. The Morgan fingerprint density at radius 2 is 1.84 bits per heavy atom. The Morgan fingerprint density at radius 1 is 1.16 bits per heavy atom. The average Bonchev–Trinajstić information content (AvgIpc) is 2.92. The number of hydrogen-bond donors (Lipinski definition) is 3. The highest BCUT2D eigenvalue weighted by Gasteiger charge is 2.38. The number of hydrogen-bond acceptors (Lipinski definition) is 7. The summed E-state index contributed by atoms with van der Waals surface area (Å²) >= 11 is 0. The van der Waals surface area contributed by atoms with Gasteiger partial charge in [-0.25, -0.2) is 9.71 Å². The van der Waals surface area contributed by atoms with Crippen molar-refractivity contribution in [2.75, 3.05) is 25.5 Å². The minimum Gasteiger partial charge on any atom is -0.471 e.